The molecule has 2 aliphatic heterocycles. The fourth-order valence-corrected chi connectivity index (χ4v) is 5.07. The molecule has 1 fully saturated rings. The van der Waals surface area contributed by atoms with Crippen LogP contribution in [-0.2, 0) is 20.7 Å². The second-order valence-corrected chi connectivity index (χ2v) is 8.44. The van der Waals surface area contributed by atoms with Crippen LogP contribution in [0.4, 0.5) is 5.69 Å². The number of rotatable bonds is 6. The molecular formula is C24H24N4O5. The Labute approximate surface area is 190 Å². The molecule has 5 rings (SSSR count). The maximum absolute atomic E-state index is 13.5. The highest BCUT2D eigenvalue weighted by molar-refractivity contribution is 5.97. The summed E-state index contributed by atoms with van der Waals surface area (Å²) < 4.78 is 5.10. The van der Waals surface area contributed by atoms with Crippen molar-refractivity contribution in [3.05, 3.63) is 75.5 Å². The van der Waals surface area contributed by atoms with Crippen LogP contribution in [0.3, 0.4) is 0 Å². The van der Waals surface area contributed by atoms with Crippen LogP contribution in [0.1, 0.15) is 29.3 Å². The van der Waals surface area contributed by atoms with Gasteiger partial charge in [-0.1, -0.05) is 30.3 Å². The van der Waals surface area contributed by atoms with Crippen molar-refractivity contribution >= 4 is 28.4 Å². The van der Waals surface area contributed by atoms with Gasteiger partial charge in [0.25, 0.3) is 5.69 Å². The number of nitrogens with zero attached hydrogens (tertiary/aromatic N) is 3. The molecule has 3 aromatic rings. The molecule has 1 saturated heterocycles. The normalized spacial score (nSPS) is 20.2. The van der Waals surface area contributed by atoms with Gasteiger partial charge in [0.15, 0.2) is 0 Å². The van der Waals surface area contributed by atoms with Gasteiger partial charge < -0.3 is 19.5 Å². The summed E-state index contributed by atoms with van der Waals surface area (Å²) in [6, 6.07) is 12.9. The van der Waals surface area contributed by atoms with Crippen LogP contribution in [0.15, 0.2) is 48.5 Å². The number of piperazine rings is 1. The predicted octanol–water partition coefficient (Wildman–Crippen LogP) is 2.80. The summed E-state index contributed by atoms with van der Waals surface area (Å²) in [6.45, 7) is 0.945. The van der Waals surface area contributed by atoms with Gasteiger partial charge in [-0.3, -0.25) is 19.7 Å². The Balaban J connectivity index is 1.63. The number of aromatic nitrogens is 1. The molecular weight excluding hydrogens is 424 g/mol. The van der Waals surface area contributed by atoms with Gasteiger partial charge in [-0.15, -0.1) is 0 Å². The number of methoxy groups -OCH3 is 1. The van der Waals surface area contributed by atoms with Crippen molar-refractivity contribution in [2.75, 3.05) is 26.8 Å². The topological polar surface area (TPSA) is 109 Å². The first-order valence-electron chi connectivity index (χ1n) is 10.9. The maximum atomic E-state index is 13.5. The third-order valence-electron chi connectivity index (χ3n) is 6.52. The van der Waals surface area contributed by atoms with Crippen LogP contribution in [0.5, 0.6) is 0 Å². The molecule has 3 heterocycles. The van der Waals surface area contributed by atoms with E-state index in [0.717, 1.165) is 22.2 Å². The largest absolute Gasteiger partial charge is 0.385 e. The quantitative estimate of drug-likeness (QED) is 0.354. The summed E-state index contributed by atoms with van der Waals surface area (Å²) >= 11 is 0. The molecule has 33 heavy (non-hydrogen) atoms. The van der Waals surface area contributed by atoms with Crippen molar-refractivity contribution in [3.63, 3.8) is 0 Å². The number of nitro benzene ring substituents is 1. The smallest absolute Gasteiger partial charge is 0.269 e. The van der Waals surface area contributed by atoms with E-state index >= 15 is 0 Å². The van der Waals surface area contributed by atoms with Gasteiger partial charge in [-0.25, -0.2) is 0 Å². The van der Waals surface area contributed by atoms with Gasteiger partial charge >= 0.3 is 0 Å². The van der Waals surface area contributed by atoms with E-state index in [1.54, 1.807) is 29.0 Å². The van der Waals surface area contributed by atoms with Crippen molar-refractivity contribution in [2.24, 2.45) is 0 Å². The summed E-state index contributed by atoms with van der Waals surface area (Å²) in [4.78, 5) is 44.5. The molecule has 2 amide bonds. The number of aromatic amines is 1. The number of ether oxygens (including phenoxy) is 1. The van der Waals surface area contributed by atoms with Crippen LogP contribution < -0.4 is 0 Å². The van der Waals surface area contributed by atoms with Crippen LogP contribution >= 0.6 is 0 Å². The van der Waals surface area contributed by atoms with Crippen LogP contribution in [-0.4, -0.2) is 64.4 Å². The van der Waals surface area contributed by atoms with E-state index in [4.69, 9.17) is 4.74 Å². The number of H-pyrrole nitrogens is 1. The average molecular weight is 448 g/mol. The Bertz CT molecular complexity index is 1250. The molecule has 9 heteroatoms. The van der Waals surface area contributed by atoms with Gasteiger partial charge in [0.1, 0.15) is 6.04 Å². The Kier molecular flexibility index (Phi) is 5.33. The zero-order valence-electron chi connectivity index (χ0n) is 18.2. The first-order valence-corrected chi connectivity index (χ1v) is 10.9. The third kappa shape index (κ3) is 3.54. The summed E-state index contributed by atoms with van der Waals surface area (Å²) in [5.41, 5.74) is 3.25. The molecule has 170 valence electrons. The molecule has 2 aromatic carbocycles. The third-order valence-corrected chi connectivity index (χ3v) is 6.52. The number of para-hydroxylation sites is 1. The van der Waals surface area contributed by atoms with Crippen LogP contribution in [0, 0.1) is 10.1 Å². The number of carbonyl (C=O) groups is 2. The Morgan fingerprint density at radius 3 is 2.79 bits per heavy atom. The van der Waals surface area contributed by atoms with E-state index in [1.165, 1.54) is 12.1 Å². The van der Waals surface area contributed by atoms with Crippen LogP contribution in [0.25, 0.3) is 10.9 Å². The first kappa shape index (κ1) is 21.1. The molecule has 0 aliphatic carbocycles. The molecule has 0 saturated carbocycles. The van der Waals surface area contributed by atoms with Gasteiger partial charge in [0, 0.05) is 55.4 Å². The minimum absolute atomic E-state index is 0.0139. The number of benzene rings is 2. The summed E-state index contributed by atoms with van der Waals surface area (Å²) in [5, 5.41) is 12.4. The lowest BCUT2D eigenvalue weighted by Crippen LogP contribution is -2.63. The van der Waals surface area contributed by atoms with E-state index in [1.807, 2.05) is 24.3 Å². The molecule has 0 bridgehead atoms. The number of nitrogens with one attached hydrogen (secondary N) is 1. The van der Waals surface area contributed by atoms with E-state index in [9.17, 15) is 19.7 Å². The highest BCUT2D eigenvalue weighted by atomic mass is 16.6. The summed E-state index contributed by atoms with van der Waals surface area (Å²) in [7, 11) is 1.61. The minimum atomic E-state index is -0.662. The van der Waals surface area contributed by atoms with Gasteiger partial charge in [-0.2, -0.15) is 0 Å². The standard InChI is InChI=1S/C24H24N4O5/c1-33-11-5-10-26-14-21(29)27-20(24(26)30)13-18-17-8-2-3-9-19(17)25-22(18)23(27)15-6-4-7-16(12-15)28(31)32/h2-4,6-9,12,20,23,25H,5,10-11,13-14H2,1H3/t20-,23+/m1/s1. The van der Waals surface area contributed by atoms with Crippen molar-refractivity contribution in [3.8, 4) is 0 Å². The molecule has 0 radical (unpaired) electrons. The van der Waals surface area contributed by atoms with Crippen molar-refractivity contribution < 1.29 is 19.2 Å². The van der Waals surface area contributed by atoms with Gasteiger partial charge in [0.2, 0.25) is 11.8 Å². The number of carbonyl (C=O) groups excluding carboxylic acids is 2. The second-order valence-electron chi connectivity index (χ2n) is 8.44. The Morgan fingerprint density at radius 2 is 2.00 bits per heavy atom. The number of hydrogen-bond donors (Lipinski definition) is 1. The SMILES string of the molecule is COCCCN1CC(=O)N2[C@@H](c3cccc([N+](=O)[O-])c3)c3[nH]c4ccccc4c3C[C@@H]2C1=O. The first-order chi connectivity index (χ1) is 16.0. The molecule has 9 nitrogen and oxygen atoms in total. The predicted molar refractivity (Wildman–Crippen MR) is 121 cm³/mol. The number of amides is 2. The number of non-ortho nitro benzene ring substituents is 1. The fourth-order valence-electron chi connectivity index (χ4n) is 5.07. The molecule has 1 N–H and O–H groups in total. The lowest BCUT2D eigenvalue weighted by Gasteiger charge is -2.47. The summed E-state index contributed by atoms with van der Waals surface area (Å²) in [6.07, 6.45) is 1.05. The minimum Gasteiger partial charge on any atom is -0.385 e. The van der Waals surface area contributed by atoms with Gasteiger partial charge in [-0.05, 0) is 23.6 Å². The summed E-state index contributed by atoms with van der Waals surface area (Å²) in [5.74, 6) is -0.269. The molecule has 2 atom stereocenters. The number of nitro groups is 1. The van der Waals surface area contributed by atoms with Gasteiger partial charge in [0.05, 0.1) is 17.5 Å². The monoisotopic (exact) mass is 448 g/mol. The highest BCUT2D eigenvalue weighted by Gasteiger charge is 2.48. The maximum Gasteiger partial charge on any atom is 0.269 e. The molecule has 0 unspecified atom stereocenters. The number of fused-ring (bicyclic) bond motifs is 4. The number of hydrogen-bond acceptors (Lipinski definition) is 5. The zero-order valence-corrected chi connectivity index (χ0v) is 18.2. The lowest BCUT2D eigenvalue weighted by molar-refractivity contribution is -0.384. The van der Waals surface area contributed by atoms with Crippen molar-refractivity contribution in [1.82, 2.24) is 14.8 Å². The lowest BCUT2D eigenvalue weighted by atomic mass is 9.86. The van der Waals surface area contributed by atoms with Crippen molar-refractivity contribution in [1.29, 1.82) is 0 Å². The molecule has 2 aliphatic rings. The highest BCUT2D eigenvalue weighted by Crippen LogP contribution is 2.43. The van der Waals surface area contributed by atoms with Crippen molar-refractivity contribution in [2.45, 2.75) is 24.9 Å². The van der Waals surface area contributed by atoms with E-state index in [-0.39, 0.29) is 24.0 Å². The Hall–Kier alpha value is -3.72. The van der Waals surface area contributed by atoms with E-state index < -0.39 is 17.0 Å². The molecule has 1 aromatic heterocycles. The fraction of sp³-hybridized carbons (Fsp3) is 0.333. The van der Waals surface area contributed by atoms with Crippen LogP contribution in [0.2, 0.25) is 0 Å². The average Bonchev–Trinajstić information content (AvgIpc) is 3.19. The zero-order chi connectivity index (χ0) is 23.1. The Morgan fingerprint density at radius 1 is 1.18 bits per heavy atom. The molecule has 0 spiro atoms. The van der Waals surface area contributed by atoms with E-state index in [2.05, 4.69) is 4.98 Å². The van der Waals surface area contributed by atoms with E-state index in [0.29, 0.717) is 31.6 Å². The second kappa shape index (κ2) is 8.32.